The van der Waals surface area contributed by atoms with Crippen LogP contribution in [0.4, 0.5) is 5.69 Å². The van der Waals surface area contributed by atoms with Crippen LogP contribution in [0.15, 0.2) is 47.4 Å². The van der Waals surface area contributed by atoms with E-state index in [0.29, 0.717) is 30.9 Å². The molecule has 2 N–H and O–H groups in total. The van der Waals surface area contributed by atoms with Crippen molar-refractivity contribution in [3.63, 3.8) is 0 Å². The lowest BCUT2D eigenvalue weighted by atomic mass is 10.1. The molecule has 2 aromatic rings. The standard InChI is InChI=1S/C23H31N3O3S/c1-18-9-5-6-10-20(18)16-25(3)17-23(27)24-21-12-11-19(2)22(15-21)30(28,29)26-13-7-4-8-14-26/h5-6,9-12,15H,4,7-8,13-14,16-17H2,1-3H3,(H,24,27)/p+1. The fourth-order valence-electron chi connectivity index (χ4n) is 3.88. The number of quaternary nitrogens is 1. The Labute approximate surface area is 179 Å². The average Bonchev–Trinajstić information content (AvgIpc) is 2.71. The largest absolute Gasteiger partial charge is 0.326 e. The fraction of sp³-hybridized carbons (Fsp3) is 0.435. The quantitative estimate of drug-likeness (QED) is 0.707. The van der Waals surface area contributed by atoms with Crippen LogP contribution < -0.4 is 10.2 Å². The molecule has 162 valence electrons. The Bertz CT molecular complexity index is 999. The number of rotatable bonds is 7. The number of hydrogen-bond donors (Lipinski definition) is 2. The van der Waals surface area contributed by atoms with Gasteiger partial charge < -0.3 is 10.2 Å². The van der Waals surface area contributed by atoms with E-state index in [4.69, 9.17) is 0 Å². The van der Waals surface area contributed by atoms with E-state index in [0.717, 1.165) is 30.7 Å². The Balaban J connectivity index is 1.67. The van der Waals surface area contributed by atoms with Crippen molar-refractivity contribution in [2.75, 3.05) is 32.0 Å². The molecule has 0 radical (unpaired) electrons. The van der Waals surface area contributed by atoms with Crippen LogP contribution in [0.5, 0.6) is 0 Å². The number of anilines is 1. The summed E-state index contributed by atoms with van der Waals surface area (Å²) in [7, 11) is -1.56. The van der Waals surface area contributed by atoms with Gasteiger partial charge in [-0.3, -0.25) is 4.79 Å². The molecule has 1 aliphatic heterocycles. The molecule has 2 aromatic carbocycles. The number of carbonyl (C=O) groups is 1. The summed E-state index contributed by atoms with van der Waals surface area (Å²) in [6.07, 6.45) is 2.86. The molecule has 0 spiro atoms. The predicted molar refractivity (Wildman–Crippen MR) is 119 cm³/mol. The van der Waals surface area contributed by atoms with Crippen molar-refractivity contribution in [2.24, 2.45) is 0 Å². The highest BCUT2D eigenvalue weighted by Gasteiger charge is 2.27. The lowest BCUT2D eigenvalue weighted by Gasteiger charge is -2.26. The molecule has 6 nitrogen and oxygen atoms in total. The molecular formula is C23H32N3O3S+. The van der Waals surface area contributed by atoms with Crippen molar-refractivity contribution in [3.8, 4) is 0 Å². The zero-order chi connectivity index (χ0) is 21.7. The van der Waals surface area contributed by atoms with Crippen LogP contribution in [0.25, 0.3) is 0 Å². The van der Waals surface area contributed by atoms with E-state index in [1.54, 1.807) is 29.4 Å². The van der Waals surface area contributed by atoms with Gasteiger partial charge in [-0.25, -0.2) is 8.42 Å². The van der Waals surface area contributed by atoms with Crippen molar-refractivity contribution in [1.29, 1.82) is 0 Å². The highest BCUT2D eigenvalue weighted by Crippen LogP contribution is 2.26. The Hall–Kier alpha value is -2.22. The summed E-state index contributed by atoms with van der Waals surface area (Å²) in [6, 6.07) is 13.3. The van der Waals surface area contributed by atoms with Gasteiger partial charge in [-0.1, -0.05) is 36.8 Å². The SMILES string of the molecule is Cc1ccccc1C[NH+](C)CC(=O)Nc1ccc(C)c(S(=O)(=O)N2CCCCC2)c1. The third-order valence-electron chi connectivity index (χ3n) is 5.62. The Kier molecular flexibility index (Phi) is 7.28. The second-order valence-electron chi connectivity index (χ2n) is 8.23. The van der Waals surface area contributed by atoms with Crippen molar-refractivity contribution in [3.05, 3.63) is 59.2 Å². The van der Waals surface area contributed by atoms with E-state index < -0.39 is 10.0 Å². The summed E-state index contributed by atoms with van der Waals surface area (Å²) in [5.41, 5.74) is 3.64. The molecule has 1 unspecified atom stereocenters. The van der Waals surface area contributed by atoms with Gasteiger partial charge >= 0.3 is 0 Å². The number of nitrogens with zero attached hydrogens (tertiary/aromatic N) is 1. The van der Waals surface area contributed by atoms with Gasteiger partial charge in [0, 0.05) is 24.3 Å². The van der Waals surface area contributed by atoms with E-state index in [-0.39, 0.29) is 10.8 Å². The molecule has 30 heavy (non-hydrogen) atoms. The maximum absolute atomic E-state index is 13.1. The topological polar surface area (TPSA) is 70.9 Å². The van der Waals surface area contributed by atoms with Crippen molar-refractivity contribution in [1.82, 2.24) is 4.31 Å². The van der Waals surface area contributed by atoms with Gasteiger partial charge in [0.2, 0.25) is 10.0 Å². The monoisotopic (exact) mass is 430 g/mol. The number of amides is 1. The maximum atomic E-state index is 13.1. The predicted octanol–water partition coefficient (Wildman–Crippen LogP) is 2.13. The maximum Gasteiger partial charge on any atom is 0.279 e. The van der Waals surface area contributed by atoms with Crippen molar-refractivity contribution in [2.45, 2.75) is 44.6 Å². The fourth-order valence-corrected chi connectivity index (χ4v) is 5.64. The number of aryl methyl sites for hydroxylation is 2. The lowest BCUT2D eigenvalue weighted by molar-refractivity contribution is -0.885. The van der Waals surface area contributed by atoms with Crippen molar-refractivity contribution >= 4 is 21.6 Å². The minimum absolute atomic E-state index is 0.133. The number of sulfonamides is 1. The first-order valence-electron chi connectivity index (χ1n) is 10.5. The Morgan fingerprint density at radius 2 is 1.73 bits per heavy atom. The summed E-state index contributed by atoms with van der Waals surface area (Å²) >= 11 is 0. The molecule has 1 saturated heterocycles. The summed E-state index contributed by atoms with van der Waals surface area (Å²) in [5, 5.41) is 2.87. The van der Waals surface area contributed by atoms with E-state index in [2.05, 4.69) is 24.4 Å². The average molecular weight is 431 g/mol. The first-order chi connectivity index (χ1) is 14.3. The van der Waals surface area contributed by atoms with Gasteiger partial charge in [0.25, 0.3) is 5.91 Å². The molecular weight excluding hydrogens is 398 g/mol. The number of carbonyl (C=O) groups excluding carboxylic acids is 1. The van der Waals surface area contributed by atoms with Crippen LogP contribution in [-0.2, 0) is 21.4 Å². The van der Waals surface area contributed by atoms with Gasteiger partial charge in [-0.15, -0.1) is 0 Å². The Morgan fingerprint density at radius 3 is 2.43 bits per heavy atom. The van der Waals surface area contributed by atoms with Gasteiger partial charge in [-0.2, -0.15) is 4.31 Å². The van der Waals surface area contributed by atoms with Crippen LogP contribution in [-0.4, -0.2) is 45.3 Å². The number of hydrogen-bond acceptors (Lipinski definition) is 3. The van der Waals surface area contributed by atoms with Crippen LogP contribution in [0.3, 0.4) is 0 Å². The summed E-state index contributed by atoms with van der Waals surface area (Å²) < 4.78 is 27.7. The highest BCUT2D eigenvalue weighted by atomic mass is 32.2. The lowest BCUT2D eigenvalue weighted by Crippen LogP contribution is -3.08. The van der Waals surface area contributed by atoms with E-state index >= 15 is 0 Å². The zero-order valence-corrected chi connectivity index (χ0v) is 18.9. The van der Waals surface area contributed by atoms with E-state index in [1.807, 2.05) is 19.2 Å². The van der Waals surface area contributed by atoms with Gasteiger partial charge in [0.1, 0.15) is 6.54 Å². The van der Waals surface area contributed by atoms with Gasteiger partial charge in [0.15, 0.2) is 6.54 Å². The molecule has 0 aliphatic carbocycles. The highest BCUT2D eigenvalue weighted by molar-refractivity contribution is 7.89. The number of likely N-dealkylation sites (N-methyl/N-ethyl adjacent to an activating group) is 1. The Morgan fingerprint density at radius 1 is 1.03 bits per heavy atom. The first-order valence-corrected chi connectivity index (χ1v) is 12.0. The minimum atomic E-state index is -3.54. The normalized spacial score (nSPS) is 16.2. The van der Waals surface area contributed by atoms with Crippen LogP contribution in [0.2, 0.25) is 0 Å². The molecule has 1 atom stereocenters. The molecule has 1 fully saturated rings. The summed E-state index contributed by atoms with van der Waals surface area (Å²) in [5.74, 6) is -0.133. The smallest absolute Gasteiger partial charge is 0.279 e. The van der Waals surface area contributed by atoms with E-state index in [9.17, 15) is 13.2 Å². The van der Waals surface area contributed by atoms with Crippen LogP contribution in [0.1, 0.15) is 36.0 Å². The number of piperidine rings is 1. The zero-order valence-electron chi connectivity index (χ0n) is 18.1. The third kappa shape index (κ3) is 5.47. The minimum Gasteiger partial charge on any atom is -0.326 e. The second-order valence-corrected chi connectivity index (χ2v) is 10.1. The number of benzene rings is 2. The van der Waals surface area contributed by atoms with Crippen LogP contribution >= 0.6 is 0 Å². The second kappa shape index (κ2) is 9.73. The van der Waals surface area contributed by atoms with Crippen molar-refractivity contribution < 1.29 is 18.1 Å². The molecule has 0 saturated carbocycles. The summed E-state index contributed by atoms with van der Waals surface area (Å²) in [4.78, 5) is 13.9. The molecule has 7 heteroatoms. The number of nitrogens with one attached hydrogen (secondary N) is 2. The van der Waals surface area contributed by atoms with Gasteiger partial charge in [-0.05, 0) is 49.9 Å². The molecule has 3 rings (SSSR count). The summed E-state index contributed by atoms with van der Waals surface area (Å²) in [6.45, 7) is 6.04. The van der Waals surface area contributed by atoms with Crippen LogP contribution in [0, 0.1) is 13.8 Å². The molecule has 1 aliphatic rings. The molecule has 0 aromatic heterocycles. The molecule has 1 amide bonds. The molecule has 0 bridgehead atoms. The first kappa shape index (κ1) is 22.5. The van der Waals surface area contributed by atoms with E-state index in [1.165, 1.54) is 11.1 Å². The van der Waals surface area contributed by atoms with Gasteiger partial charge in [0.05, 0.1) is 11.9 Å². The third-order valence-corrected chi connectivity index (χ3v) is 7.66. The molecule has 1 heterocycles.